The van der Waals surface area contributed by atoms with Gasteiger partial charge in [-0.25, -0.2) is 26.0 Å². The second kappa shape index (κ2) is 5.76. The van der Waals surface area contributed by atoms with Crippen molar-refractivity contribution in [2.75, 3.05) is 6.61 Å². The molecule has 0 amide bonds. The van der Waals surface area contributed by atoms with Crippen LogP contribution in [0.25, 0.3) is 0 Å². The Labute approximate surface area is 130 Å². The molecule has 1 aromatic carbocycles. The topological polar surface area (TPSA) is 63.6 Å². The maximum atomic E-state index is 13.6. The molecule has 1 aliphatic rings. The van der Waals surface area contributed by atoms with E-state index in [1.54, 1.807) is 0 Å². The van der Waals surface area contributed by atoms with Crippen molar-refractivity contribution < 1.29 is 49.0 Å². The molecule has 0 heterocycles. The van der Waals surface area contributed by atoms with Gasteiger partial charge < -0.3 is 9.84 Å². The molecule has 0 aromatic heterocycles. The molecule has 1 aromatic rings. The molecule has 1 aliphatic carbocycles. The van der Waals surface area contributed by atoms with Crippen molar-refractivity contribution in [2.24, 2.45) is 0 Å². The van der Waals surface area contributed by atoms with Crippen molar-refractivity contribution in [1.82, 2.24) is 0 Å². The average Bonchev–Trinajstić information content (AvgIpc) is 2.66. The standard InChI is InChI=1S/C12H9F7O4S/c13-8(14)4-23-6-1-2-7(24(21,22)12(17,18)19)9-5(6)3-11(15,16)10(9)20/h1-2,8,10,20H,3-4H2/t10-/m0/s1. The minimum absolute atomic E-state index is 0.299. The zero-order valence-corrected chi connectivity index (χ0v) is 12.3. The molecular formula is C12H9F7O4S. The van der Waals surface area contributed by atoms with E-state index in [1.807, 2.05) is 0 Å². The van der Waals surface area contributed by atoms with Gasteiger partial charge in [-0.1, -0.05) is 0 Å². The van der Waals surface area contributed by atoms with E-state index in [-0.39, 0.29) is 0 Å². The van der Waals surface area contributed by atoms with Crippen molar-refractivity contribution in [3.63, 3.8) is 0 Å². The Morgan fingerprint density at radius 3 is 2.38 bits per heavy atom. The van der Waals surface area contributed by atoms with Crippen LogP contribution in [0, 0.1) is 0 Å². The first kappa shape index (κ1) is 18.8. The smallest absolute Gasteiger partial charge is 0.487 e. The monoisotopic (exact) mass is 382 g/mol. The van der Waals surface area contributed by atoms with Crippen LogP contribution >= 0.6 is 0 Å². The lowest BCUT2D eigenvalue weighted by Gasteiger charge is -2.17. The first-order valence-corrected chi connectivity index (χ1v) is 7.71. The minimum Gasteiger partial charge on any atom is -0.487 e. The summed E-state index contributed by atoms with van der Waals surface area (Å²) in [6.45, 7) is -1.24. The summed E-state index contributed by atoms with van der Waals surface area (Å²) in [5, 5.41) is 9.54. The lowest BCUT2D eigenvalue weighted by atomic mass is 10.1. The summed E-state index contributed by atoms with van der Waals surface area (Å²) >= 11 is 0. The molecule has 4 nitrogen and oxygen atoms in total. The van der Waals surface area contributed by atoms with E-state index < -0.39 is 68.6 Å². The molecule has 2 rings (SSSR count). The van der Waals surface area contributed by atoms with Gasteiger partial charge in [0.15, 0.2) is 0 Å². The third-order valence-electron chi connectivity index (χ3n) is 3.32. The number of benzene rings is 1. The Morgan fingerprint density at radius 2 is 1.88 bits per heavy atom. The summed E-state index contributed by atoms with van der Waals surface area (Å²) in [6.07, 6.45) is -7.18. The number of alkyl halides is 7. The van der Waals surface area contributed by atoms with Gasteiger partial charge in [-0.3, -0.25) is 0 Å². The van der Waals surface area contributed by atoms with Gasteiger partial charge in [-0.15, -0.1) is 0 Å². The summed E-state index contributed by atoms with van der Waals surface area (Å²) in [5.74, 6) is -4.61. The Bertz CT molecular complexity index is 743. The van der Waals surface area contributed by atoms with Crippen molar-refractivity contribution >= 4 is 9.84 Å². The van der Waals surface area contributed by atoms with Gasteiger partial charge in [0.05, 0.1) is 4.90 Å². The zero-order valence-electron chi connectivity index (χ0n) is 11.4. The predicted molar refractivity (Wildman–Crippen MR) is 64.8 cm³/mol. The van der Waals surface area contributed by atoms with Crippen LogP contribution in [0.2, 0.25) is 0 Å². The molecule has 0 bridgehead atoms. The minimum atomic E-state index is -6.03. The molecule has 0 fully saturated rings. The highest BCUT2D eigenvalue weighted by molar-refractivity contribution is 7.92. The second-order valence-corrected chi connectivity index (χ2v) is 6.86. The number of hydrogen-bond donors (Lipinski definition) is 1. The maximum absolute atomic E-state index is 13.6. The van der Waals surface area contributed by atoms with Gasteiger partial charge in [-0.2, -0.15) is 13.2 Å². The fraction of sp³-hybridized carbons (Fsp3) is 0.500. The molecule has 12 heteroatoms. The van der Waals surface area contributed by atoms with Gasteiger partial charge in [0.1, 0.15) is 18.5 Å². The first-order chi connectivity index (χ1) is 10.8. The fourth-order valence-corrected chi connectivity index (χ4v) is 3.32. The Kier molecular flexibility index (Phi) is 4.50. The van der Waals surface area contributed by atoms with E-state index >= 15 is 0 Å². The Balaban J connectivity index is 2.65. The SMILES string of the molecule is O=S(=O)(c1ccc(OCC(F)F)c2c1[C@H](O)C(F)(F)C2)C(F)(F)F. The summed E-state index contributed by atoms with van der Waals surface area (Å²) < 4.78 is 117. The normalized spacial score (nSPS) is 20.3. The molecule has 1 N–H and O–H groups in total. The quantitative estimate of drug-likeness (QED) is 0.814. The van der Waals surface area contributed by atoms with Gasteiger partial charge >= 0.3 is 5.51 Å². The molecule has 1 atom stereocenters. The molecule has 0 aliphatic heterocycles. The van der Waals surface area contributed by atoms with E-state index in [4.69, 9.17) is 0 Å². The van der Waals surface area contributed by atoms with Crippen LogP contribution in [0.3, 0.4) is 0 Å². The molecule has 24 heavy (non-hydrogen) atoms. The van der Waals surface area contributed by atoms with Crippen LogP contribution in [0.15, 0.2) is 17.0 Å². The van der Waals surface area contributed by atoms with Crippen molar-refractivity contribution in [3.05, 3.63) is 23.3 Å². The summed E-state index contributed by atoms with van der Waals surface area (Å²) in [6, 6.07) is 0.876. The third-order valence-corrected chi connectivity index (χ3v) is 4.86. The van der Waals surface area contributed by atoms with Crippen LogP contribution in [0.1, 0.15) is 17.2 Å². The second-order valence-electron chi connectivity index (χ2n) is 4.95. The molecule has 0 saturated carbocycles. The molecule has 0 saturated heterocycles. The number of rotatable bonds is 4. The van der Waals surface area contributed by atoms with Gasteiger partial charge in [-0.05, 0) is 12.1 Å². The highest BCUT2D eigenvalue weighted by Gasteiger charge is 2.55. The number of hydrogen-bond acceptors (Lipinski definition) is 4. The van der Waals surface area contributed by atoms with Crippen LogP contribution in [0.4, 0.5) is 30.7 Å². The number of ether oxygens (including phenoxy) is 1. The van der Waals surface area contributed by atoms with E-state index in [0.29, 0.717) is 12.1 Å². The third kappa shape index (κ3) is 3.04. The molecule has 0 unspecified atom stereocenters. The van der Waals surface area contributed by atoms with Crippen molar-refractivity contribution in [3.8, 4) is 5.75 Å². The van der Waals surface area contributed by atoms with Gasteiger partial charge in [0.2, 0.25) is 0 Å². The van der Waals surface area contributed by atoms with E-state index in [1.165, 1.54) is 0 Å². The van der Waals surface area contributed by atoms with Crippen molar-refractivity contribution in [1.29, 1.82) is 0 Å². The number of aliphatic hydroxyl groups excluding tert-OH is 1. The van der Waals surface area contributed by atoms with Crippen molar-refractivity contribution in [2.45, 2.75) is 35.3 Å². The highest BCUT2D eigenvalue weighted by Crippen LogP contribution is 2.50. The molecule has 0 radical (unpaired) electrons. The summed E-state index contributed by atoms with van der Waals surface area (Å²) in [7, 11) is -6.03. The van der Waals surface area contributed by atoms with Gasteiger partial charge in [0.25, 0.3) is 22.2 Å². The molecular weight excluding hydrogens is 373 g/mol. The molecule has 0 spiro atoms. The first-order valence-electron chi connectivity index (χ1n) is 6.23. The predicted octanol–water partition coefficient (Wildman–Crippen LogP) is 2.85. The lowest BCUT2D eigenvalue weighted by Crippen LogP contribution is -2.26. The Hall–Kier alpha value is -1.56. The van der Waals surface area contributed by atoms with Crippen LogP contribution < -0.4 is 4.74 Å². The number of halogens is 7. The van der Waals surface area contributed by atoms with E-state index in [0.717, 1.165) is 0 Å². The largest absolute Gasteiger partial charge is 0.501 e. The summed E-state index contributed by atoms with van der Waals surface area (Å²) in [5.41, 5.74) is -7.73. The number of aliphatic hydroxyl groups is 1. The maximum Gasteiger partial charge on any atom is 0.501 e. The average molecular weight is 382 g/mol. The number of sulfone groups is 1. The summed E-state index contributed by atoms with van der Waals surface area (Å²) in [4.78, 5) is -1.56. The Morgan fingerprint density at radius 1 is 1.29 bits per heavy atom. The molecule has 136 valence electrons. The fourth-order valence-electron chi connectivity index (χ4n) is 2.30. The van der Waals surface area contributed by atoms with E-state index in [2.05, 4.69) is 4.74 Å². The van der Waals surface area contributed by atoms with Gasteiger partial charge in [0, 0.05) is 17.5 Å². The zero-order chi connectivity index (χ0) is 18.5. The van der Waals surface area contributed by atoms with Crippen LogP contribution in [-0.2, 0) is 16.3 Å². The highest BCUT2D eigenvalue weighted by atomic mass is 32.2. The van der Waals surface area contributed by atoms with Crippen LogP contribution in [-0.4, -0.2) is 38.0 Å². The number of fused-ring (bicyclic) bond motifs is 1. The lowest BCUT2D eigenvalue weighted by molar-refractivity contribution is -0.0978. The van der Waals surface area contributed by atoms with Crippen LogP contribution in [0.5, 0.6) is 5.75 Å². The van der Waals surface area contributed by atoms with E-state index in [9.17, 15) is 44.3 Å².